The van der Waals surface area contributed by atoms with Crippen molar-refractivity contribution in [3.8, 4) is 0 Å². The van der Waals surface area contributed by atoms with Gasteiger partial charge in [-0.3, -0.25) is 0 Å². The molecule has 1 heteroatoms. The molecule has 0 spiro atoms. The van der Waals surface area contributed by atoms with Crippen molar-refractivity contribution in [2.75, 3.05) is 0 Å². The third kappa shape index (κ3) is 2.58. The first kappa shape index (κ1) is 9.72. The van der Waals surface area contributed by atoms with Crippen LogP contribution in [0.4, 0.5) is 0 Å². The number of rotatable bonds is 3. The second-order valence-electron chi connectivity index (χ2n) is 4.34. The highest BCUT2D eigenvalue weighted by Gasteiger charge is 2.21. The summed E-state index contributed by atoms with van der Waals surface area (Å²) in [7, 11) is 0. The van der Waals surface area contributed by atoms with Crippen LogP contribution >= 0.6 is 0 Å². The van der Waals surface area contributed by atoms with Crippen LogP contribution < -0.4 is 0 Å². The second kappa shape index (κ2) is 4.61. The predicted molar refractivity (Wildman–Crippen MR) is 58.0 cm³/mol. The normalized spacial score (nSPS) is 26.6. The van der Waals surface area contributed by atoms with E-state index in [1.54, 1.807) is 0 Å². The van der Waals surface area contributed by atoms with E-state index < -0.39 is 0 Å². The van der Waals surface area contributed by atoms with Gasteiger partial charge in [-0.15, -0.1) is 0 Å². The smallest absolute Gasteiger partial charge is 0.0720 e. The molecule has 1 fully saturated rings. The highest BCUT2D eigenvalue weighted by Crippen LogP contribution is 2.27. The summed E-state index contributed by atoms with van der Waals surface area (Å²) in [6.45, 7) is 3.09. The zero-order valence-electron chi connectivity index (χ0n) is 8.78. The van der Waals surface area contributed by atoms with E-state index in [-0.39, 0.29) is 0 Å². The zero-order chi connectivity index (χ0) is 9.80. The summed E-state index contributed by atoms with van der Waals surface area (Å²) in [5, 5.41) is 0. The molecule has 0 radical (unpaired) electrons. The van der Waals surface area contributed by atoms with Gasteiger partial charge in [0, 0.05) is 0 Å². The van der Waals surface area contributed by atoms with Gasteiger partial charge >= 0.3 is 0 Å². The van der Waals surface area contributed by atoms with E-state index in [0.717, 1.165) is 12.5 Å². The van der Waals surface area contributed by atoms with E-state index in [0.29, 0.717) is 6.10 Å². The van der Waals surface area contributed by atoms with Gasteiger partial charge in [-0.1, -0.05) is 37.3 Å². The summed E-state index contributed by atoms with van der Waals surface area (Å²) >= 11 is 0. The Morgan fingerprint density at radius 1 is 1.21 bits per heavy atom. The average Bonchev–Trinajstić information content (AvgIpc) is 2.63. The minimum absolute atomic E-state index is 0.505. The Hall–Kier alpha value is -0.820. The van der Waals surface area contributed by atoms with Crippen LogP contribution in [0.3, 0.4) is 0 Å². The van der Waals surface area contributed by atoms with Crippen LogP contribution in [0, 0.1) is 5.92 Å². The lowest BCUT2D eigenvalue weighted by molar-refractivity contribution is 0.0434. The van der Waals surface area contributed by atoms with Gasteiger partial charge in [0.05, 0.1) is 12.7 Å². The van der Waals surface area contributed by atoms with Gasteiger partial charge in [-0.2, -0.15) is 0 Å². The van der Waals surface area contributed by atoms with Crippen molar-refractivity contribution in [2.45, 2.75) is 38.9 Å². The zero-order valence-corrected chi connectivity index (χ0v) is 8.78. The molecule has 76 valence electrons. The number of hydrogen-bond acceptors (Lipinski definition) is 1. The van der Waals surface area contributed by atoms with E-state index in [2.05, 4.69) is 31.2 Å². The molecule has 2 rings (SSSR count). The van der Waals surface area contributed by atoms with Crippen LogP contribution in [0.25, 0.3) is 0 Å². The number of hydrogen-bond donors (Lipinski definition) is 0. The van der Waals surface area contributed by atoms with Crippen LogP contribution in [0.1, 0.15) is 31.7 Å². The Kier molecular flexibility index (Phi) is 3.20. The van der Waals surface area contributed by atoms with E-state index >= 15 is 0 Å². The topological polar surface area (TPSA) is 9.23 Å². The van der Waals surface area contributed by atoms with Crippen molar-refractivity contribution < 1.29 is 4.74 Å². The SMILES string of the molecule is CC1CCC(OCc2ccccc2)C1. The van der Waals surface area contributed by atoms with Gasteiger partial charge in [0.15, 0.2) is 0 Å². The molecular weight excluding hydrogens is 172 g/mol. The number of benzene rings is 1. The van der Waals surface area contributed by atoms with Gasteiger partial charge < -0.3 is 4.74 Å². The van der Waals surface area contributed by atoms with Gasteiger partial charge in [-0.05, 0) is 30.7 Å². The standard InChI is InChI=1S/C13H18O/c1-11-7-8-13(9-11)14-10-12-5-3-2-4-6-12/h2-6,11,13H,7-10H2,1H3. The highest BCUT2D eigenvalue weighted by molar-refractivity contribution is 5.13. The van der Waals surface area contributed by atoms with Gasteiger partial charge in [0.1, 0.15) is 0 Å². The summed E-state index contributed by atoms with van der Waals surface area (Å²) < 4.78 is 5.86. The molecule has 0 N–H and O–H groups in total. The molecule has 0 aromatic heterocycles. The van der Waals surface area contributed by atoms with Crippen molar-refractivity contribution in [2.24, 2.45) is 5.92 Å². The molecule has 0 saturated heterocycles. The van der Waals surface area contributed by atoms with Crippen molar-refractivity contribution >= 4 is 0 Å². The molecule has 2 atom stereocenters. The molecule has 0 bridgehead atoms. The van der Waals surface area contributed by atoms with Crippen LogP contribution in [0.2, 0.25) is 0 Å². The van der Waals surface area contributed by atoms with E-state index in [4.69, 9.17) is 4.74 Å². The lowest BCUT2D eigenvalue weighted by Crippen LogP contribution is -2.07. The van der Waals surface area contributed by atoms with Crippen molar-refractivity contribution in [1.29, 1.82) is 0 Å². The lowest BCUT2D eigenvalue weighted by Gasteiger charge is -2.11. The molecule has 1 aromatic rings. The molecule has 1 aromatic carbocycles. The largest absolute Gasteiger partial charge is 0.374 e. The lowest BCUT2D eigenvalue weighted by atomic mass is 10.1. The van der Waals surface area contributed by atoms with Crippen LogP contribution in [-0.2, 0) is 11.3 Å². The molecule has 0 amide bonds. The highest BCUT2D eigenvalue weighted by atomic mass is 16.5. The van der Waals surface area contributed by atoms with Crippen LogP contribution in [0.15, 0.2) is 30.3 Å². The van der Waals surface area contributed by atoms with Crippen molar-refractivity contribution in [3.05, 3.63) is 35.9 Å². The van der Waals surface area contributed by atoms with Crippen LogP contribution in [-0.4, -0.2) is 6.10 Å². The third-order valence-corrected chi connectivity index (χ3v) is 2.98. The summed E-state index contributed by atoms with van der Waals surface area (Å²) in [5.41, 5.74) is 1.28. The first-order chi connectivity index (χ1) is 6.84. The van der Waals surface area contributed by atoms with Crippen molar-refractivity contribution in [3.63, 3.8) is 0 Å². The van der Waals surface area contributed by atoms with Gasteiger partial charge in [-0.25, -0.2) is 0 Å². The van der Waals surface area contributed by atoms with E-state index in [1.807, 2.05) is 6.07 Å². The minimum atomic E-state index is 0.505. The Labute approximate surface area is 86.1 Å². The minimum Gasteiger partial charge on any atom is -0.374 e. The van der Waals surface area contributed by atoms with E-state index in [1.165, 1.54) is 24.8 Å². The summed E-state index contributed by atoms with van der Waals surface area (Å²) in [6, 6.07) is 10.4. The fourth-order valence-corrected chi connectivity index (χ4v) is 2.09. The molecule has 0 aliphatic heterocycles. The molecular formula is C13H18O. The quantitative estimate of drug-likeness (QED) is 0.710. The Morgan fingerprint density at radius 3 is 2.64 bits per heavy atom. The number of ether oxygens (including phenoxy) is 1. The maximum Gasteiger partial charge on any atom is 0.0720 e. The molecule has 14 heavy (non-hydrogen) atoms. The monoisotopic (exact) mass is 190 g/mol. The fraction of sp³-hybridized carbons (Fsp3) is 0.538. The third-order valence-electron chi connectivity index (χ3n) is 2.98. The van der Waals surface area contributed by atoms with Crippen LogP contribution in [0.5, 0.6) is 0 Å². The van der Waals surface area contributed by atoms with Crippen molar-refractivity contribution in [1.82, 2.24) is 0 Å². The van der Waals surface area contributed by atoms with Gasteiger partial charge in [0.2, 0.25) is 0 Å². The van der Waals surface area contributed by atoms with E-state index in [9.17, 15) is 0 Å². The van der Waals surface area contributed by atoms with Gasteiger partial charge in [0.25, 0.3) is 0 Å². The predicted octanol–water partition coefficient (Wildman–Crippen LogP) is 3.39. The molecule has 1 aliphatic carbocycles. The summed E-state index contributed by atoms with van der Waals surface area (Å²) in [4.78, 5) is 0. The molecule has 1 aliphatic rings. The molecule has 0 heterocycles. The summed E-state index contributed by atoms with van der Waals surface area (Å²) in [6.07, 6.45) is 4.32. The maximum atomic E-state index is 5.86. The average molecular weight is 190 g/mol. The molecule has 1 saturated carbocycles. The maximum absolute atomic E-state index is 5.86. The Morgan fingerprint density at radius 2 is 2.00 bits per heavy atom. The Bertz CT molecular complexity index is 268. The summed E-state index contributed by atoms with van der Waals surface area (Å²) in [5.74, 6) is 0.857. The Balaban J connectivity index is 1.78. The second-order valence-corrected chi connectivity index (χ2v) is 4.34. The first-order valence-electron chi connectivity index (χ1n) is 5.50. The molecule has 2 unspecified atom stereocenters. The first-order valence-corrected chi connectivity index (χ1v) is 5.50. The fourth-order valence-electron chi connectivity index (χ4n) is 2.09. The molecule has 1 nitrogen and oxygen atoms in total.